The van der Waals surface area contributed by atoms with Gasteiger partial charge in [-0.25, -0.2) is 0 Å². The fourth-order valence-corrected chi connectivity index (χ4v) is 4.09. The third-order valence-corrected chi connectivity index (χ3v) is 5.86. The quantitative estimate of drug-likeness (QED) is 0.311. The van der Waals surface area contributed by atoms with Gasteiger partial charge in [0.25, 0.3) is 0 Å². The van der Waals surface area contributed by atoms with E-state index in [1.165, 1.54) is 0 Å². The number of carbonyl (C=O) groups is 1. The molecule has 164 valence electrons. The van der Waals surface area contributed by atoms with Crippen molar-refractivity contribution in [1.82, 2.24) is 0 Å². The van der Waals surface area contributed by atoms with E-state index >= 15 is 0 Å². The maximum atomic E-state index is 13.7. The molecule has 0 N–H and O–H groups in total. The summed E-state index contributed by atoms with van der Waals surface area (Å²) in [5.74, 6) is 0.603. The van der Waals surface area contributed by atoms with Gasteiger partial charge >= 0.3 is 5.97 Å². The van der Waals surface area contributed by atoms with Crippen molar-refractivity contribution in [3.05, 3.63) is 77.4 Å². The second-order valence-corrected chi connectivity index (χ2v) is 10.3. The van der Waals surface area contributed by atoms with Crippen LogP contribution < -0.4 is 9.47 Å². The van der Waals surface area contributed by atoms with Crippen LogP contribution in [0, 0.1) is 5.92 Å². The monoisotopic (exact) mass is 418 g/mol. The topological polar surface area (TPSA) is 35.5 Å². The van der Waals surface area contributed by atoms with E-state index in [2.05, 4.69) is 54.2 Å². The number of fused-ring (bicyclic) bond motifs is 1. The highest BCUT2D eigenvalue weighted by Gasteiger charge is 2.35. The number of ether oxygens (including phenoxy) is 2. The lowest BCUT2D eigenvalue weighted by Gasteiger charge is -2.32. The minimum atomic E-state index is -0.429. The molecule has 31 heavy (non-hydrogen) atoms. The van der Waals surface area contributed by atoms with Crippen molar-refractivity contribution in [3.8, 4) is 11.5 Å². The van der Waals surface area contributed by atoms with Gasteiger partial charge in [-0.2, -0.15) is 0 Å². The van der Waals surface area contributed by atoms with E-state index in [0.29, 0.717) is 5.75 Å². The lowest BCUT2D eigenvalue weighted by molar-refractivity contribution is -0.136. The molecule has 0 spiro atoms. The van der Waals surface area contributed by atoms with E-state index in [4.69, 9.17) is 9.47 Å². The molecular formula is C28H34O3. The summed E-state index contributed by atoms with van der Waals surface area (Å²) < 4.78 is 11.9. The van der Waals surface area contributed by atoms with Crippen LogP contribution in [0.15, 0.2) is 55.1 Å². The molecule has 2 aromatic rings. The molecule has 0 saturated carbocycles. The van der Waals surface area contributed by atoms with Crippen molar-refractivity contribution in [2.45, 2.75) is 58.3 Å². The smallest absolute Gasteiger partial charge is 0.319 e. The second-order valence-electron chi connectivity index (χ2n) is 10.3. The van der Waals surface area contributed by atoms with Crippen LogP contribution in [0.5, 0.6) is 11.5 Å². The number of allylic oxidation sites excluding steroid dienone is 2. The Hall–Kier alpha value is -2.81. The first-order valence-electron chi connectivity index (χ1n) is 10.8. The SMILES string of the molecule is C=C[C@@H]1C=Cc2ccccc2[C@@H]1C(=O)Oc1c(C(C)(C)C)cc(OC)cc1C(C)(C)C. The van der Waals surface area contributed by atoms with Crippen LogP contribution >= 0.6 is 0 Å². The molecule has 0 amide bonds. The molecule has 0 unspecified atom stereocenters. The molecular weight excluding hydrogens is 384 g/mol. The van der Waals surface area contributed by atoms with Gasteiger partial charge in [0.15, 0.2) is 0 Å². The van der Waals surface area contributed by atoms with Crippen molar-refractivity contribution in [1.29, 1.82) is 0 Å². The van der Waals surface area contributed by atoms with Crippen LogP contribution in [-0.2, 0) is 15.6 Å². The van der Waals surface area contributed by atoms with Crippen LogP contribution in [0.3, 0.4) is 0 Å². The first-order valence-corrected chi connectivity index (χ1v) is 10.8. The Balaban J connectivity index is 2.14. The molecule has 1 aliphatic carbocycles. The molecule has 1 aliphatic rings. The molecule has 0 heterocycles. The summed E-state index contributed by atoms with van der Waals surface area (Å²) in [6, 6.07) is 11.9. The van der Waals surface area contributed by atoms with E-state index in [-0.39, 0.29) is 22.7 Å². The van der Waals surface area contributed by atoms with Crippen molar-refractivity contribution < 1.29 is 14.3 Å². The number of methoxy groups -OCH3 is 1. The molecule has 0 radical (unpaired) electrons. The minimum absolute atomic E-state index is 0.114. The maximum Gasteiger partial charge on any atom is 0.319 e. The van der Waals surface area contributed by atoms with Gasteiger partial charge in [0.1, 0.15) is 11.5 Å². The van der Waals surface area contributed by atoms with Crippen molar-refractivity contribution >= 4 is 12.0 Å². The number of esters is 1. The Morgan fingerprint density at radius 1 is 1.00 bits per heavy atom. The van der Waals surface area contributed by atoms with Crippen LogP contribution in [-0.4, -0.2) is 13.1 Å². The van der Waals surface area contributed by atoms with Gasteiger partial charge in [-0.15, -0.1) is 6.58 Å². The van der Waals surface area contributed by atoms with E-state index in [0.717, 1.165) is 28.0 Å². The molecule has 2 atom stereocenters. The van der Waals surface area contributed by atoms with Gasteiger partial charge in [-0.05, 0) is 34.1 Å². The number of carbonyl (C=O) groups excluding carboxylic acids is 1. The van der Waals surface area contributed by atoms with Gasteiger partial charge in [-0.1, -0.05) is 84.0 Å². The maximum absolute atomic E-state index is 13.7. The van der Waals surface area contributed by atoms with E-state index in [1.54, 1.807) is 7.11 Å². The van der Waals surface area contributed by atoms with E-state index in [9.17, 15) is 4.79 Å². The Morgan fingerprint density at radius 3 is 2.10 bits per heavy atom. The molecule has 3 rings (SSSR count). The molecule has 0 saturated heterocycles. The summed E-state index contributed by atoms with van der Waals surface area (Å²) in [5, 5.41) is 0. The zero-order chi connectivity index (χ0) is 23.0. The predicted octanol–water partition coefficient (Wildman–Crippen LogP) is 6.81. The average Bonchev–Trinajstić information content (AvgIpc) is 2.71. The summed E-state index contributed by atoms with van der Waals surface area (Å²) in [4.78, 5) is 13.7. The van der Waals surface area contributed by atoms with Crippen molar-refractivity contribution in [2.24, 2.45) is 5.92 Å². The van der Waals surface area contributed by atoms with Crippen LogP contribution in [0.2, 0.25) is 0 Å². The normalized spacial score (nSPS) is 18.3. The summed E-state index contributed by atoms with van der Waals surface area (Å²) >= 11 is 0. The number of hydrogen-bond acceptors (Lipinski definition) is 3. The molecule has 2 aromatic carbocycles. The highest BCUT2D eigenvalue weighted by atomic mass is 16.5. The zero-order valence-electron chi connectivity index (χ0n) is 19.8. The van der Waals surface area contributed by atoms with Crippen molar-refractivity contribution in [3.63, 3.8) is 0 Å². The lowest BCUT2D eigenvalue weighted by atomic mass is 9.78. The van der Waals surface area contributed by atoms with Crippen LogP contribution in [0.1, 0.15) is 69.7 Å². The van der Waals surface area contributed by atoms with Gasteiger partial charge in [0.05, 0.1) is 13.0 Å². The van der Waals surface area contributed by atoms with Gasteiger partial charge in [-0.3, -0.25) is 4.79 Å². The Kier molecular flexibility index (Phi) is 6.18. The Morgan fingerprint density at radius 2 is 1.58 bits per heavy atom. The fraction of sp³-hybridized carbons (Fsp3) is 0.393. The van der Waals surface area contributed by atoms with Gasteiger partial charge in [0, 0.05) is 17.0 Å². The van der Waals surface area contributed by atoms with E-state index in [1.807, 2.05) is 48.6 Å². The fourth-order valence-electron chi connectivity index (χ4n) is 4.09. The first-order chi connectivity index (χ1) is 14.5. The molecule has 0 bridgehead atoms. The van der Waals surface area contributed by atoms with Gasteiger partial charge < -0.3 is 9.47 Å². The highest BCUT2D eigenvalue weighted by molar-refractivity contribution is 5.85. The summed E-state index contributed by atoms with van der Waals surface area (Å²) in [7, 11) is 1.67. The Bertz CT molecular complexity index is 980. The average molecular weight is 419 g/mol. The van der Waals surface area contributed by atoms with Crippen LogP contribution in [0.4, 0.5) is 0 Å². The zero-order valence-corrected chi connectivity index (χ0v) is 19.8. The van der Waals surface area contributed by atoms with Crippen LogP contribution in [0.25, 0.3) is 6.08 Å². The highest BCUT2D eigenvalue weighted by Crippen LogP contribution is 2.44. The minimum Gasteiger partial charge on any atom is -0.497 e. The molecule has 3 nitrogen and oxygen atoms in total. The number of benzene rings is 2. The molecule has 0 fully saturated rings. The van der Waals surface area contributed by atoms with Crippen molar-refractivity contribution in [2.75, 3.05) is 7.11 Å². The van der Waals surface area contributed by atoms with E-state index < -0.39 is 5.92 Å². The van der Waals surface area contributed by atoms with Gasteiger partial charge in [0.2, 0.25) is 0 Å². The molecule has 0 aliphatic heterocycles. The number of rotatable bonds is 4. The first kappa shape index (κ1) is 22.9. The Labute approximate surface area is 186 Å². The predicted molar refractivity (Wildman–Crippen MR) is 128 cm³/mol. The molecule has 3 heteroatoms. The third-order valence-electron chi connectivity index (χ3n) is 5.86. The summed E-state index contributed by atoms with van der Waals surface area (Å²) in [6.07, 6.45) is 5.91. The molecule has 0 aromatic heterocycles. The summed E-state index contributed by atoms with van der Waals surface area (Å²) in [6.45, 7) is 16.7. The largest absolute Gasteiger partial charge is 0.497 e. The standard InChI is InChI=1S/C28H34O3/c1-9-18-14-15-19-12-10-11-13-21(19)24(18)26(29)31-25-22(27(2,3)4)16-20(30-8)17-23(25)28(5,6)7/h9-18,24H,1H2,2-8H3/t18-,24-/m1/s1. The second kappa shape index (κ2) is 8.37. The lowest BCUT2D eigenvalue weighted by Crippen LogP contribution is -2.29. The summed E-state index contributed by atoms with van der Waals surface area (Å²) in [5.41, 5.74) is 3.48. The number of hydrogen-bond donors (Lipinski definition) is 0. The third kappa shape index (κ3) is 4.61.